The molecular weight excluding hydrogens is 262 g/mol. The summed E-state index contributed by atoms with van der Waals surface area (Å²) < 4.78 is 5.63. The van der Waals surface area contributed by atoms with Gasteiger partial charge in [-0.3, -0.25) is 4.79 Å². The van der Waals surface area contributed by atoms with Gasteiger partial charge in [-0.25, -0.2) is 0 Å². The normalized spacial score (nSPS) is 11.8. The summed E-state index contributed by atoms with van der Waals surface area (Å²) in [6, 6.07) is 15.8. The Hall–Kier alpha value is -2.29. The van der Waals surface area contributed by atoms with Crippen LogP contribution in [0.15, 0.2) is 48.5 Å². The Balaban J connectivity index is 1.84. The maximum Gasteiger partial charge on any atom is 0.261 e. The van der Waals surface area contributed by atoms with Gasteiger partial charge in [0.25, 0.3) is 5.91 Å². The second kappa shape index (κ2) is 6.93. The van der Waals surface area contributed by atoms with Crippen LogP contribution in [0.4, 0.5) is 0 Å². The molecule has 21 heavy (non-hydrogen) atoms. The van der Waals surface area contributed by atoms with Gasteiger partial charge in [-0.1, -0.05) is 47.5 Å². The average molecular weight is 283 g/mol. The van der Waals surface area contributed by atoms with Crippen LogP contribution in [0.3, 0.4) is 0 Å². The first-order chi connectivity index (χ1) is 10.0. The van der Waals surface area contributed by atoms with E-state index in [9.17, 15) is 4.79 Å². The molecule has 0 aliphatic heterocycles. The largest absolute Gasteiger partial charge is 0.481 e. The van der Waals surface area contributed by atoms with Crippen LogP contribution in [0.25, 0.3) is 0 Å². The van der Waals surface area contributed by atoms with Crippen molar-refractivity contribution in [1.82, 2.24) is 5.32 Å². The number of hydrogen-bond acceptors (Lipinski definition) is 2. The maximum atomic E-state index is 12.0. The molecule has 0 bridgehead atoms. The lowest BCUT2D eigenvalue weighted by Gasteiger charge is -2.15. The maximum absolute atomic E-state index is 12.0. The van der Waals surface area contributed by atoms with Gasteiger partial charge >= 0.3 is 0 Å². The lowest BCUT2D eigenvalue weighted by molar-refractivity contribution is -0.127. The third kappa shape index (κ3) is 4.63. The van der Waals surface area contributed by atoms with E-state index >= 15 is 0 Å². The van der Waals surface area contributed by atoms with E-state index in [4.69, 9.17) is 4.74 Å². The van der Waals surface area contributed by atoms with Crippen molar-refractivity contribution in [3.63, 3.8) is 0 Å². The van der Waals surface area contributed by atoms with E-state index in [1.165, 1.54) is 11.1 Å². The molecule has 0 fully saturated rings. The van der Waals surface area contributed by atoms with E-state index in [1.54, 1.807) is 6.92 Å². The summed E-state index contributed by atoms with van der Waals surface area (Å²) in [5.74, 6) is 0.592. The predicted octanol–water partition coefficient (Wildman–Crippen LogP) is 3.39. The lowest BCUT2D eigenvalue weighted by Crippen LogP contribution is -2.35. The molecule has 0 radical (unpaired) electrons. The minimum Gasteiger partial charge on any atom is -0.481 e. The number of ether oxygens (including phenoxy) is 1. The molecule has 2 aromatic carbocycles. The van der Waals surface area contributed by atoms with E-state index in [2.05, 4.69) is 5.32 Å². The first-order valence-corrected chi connectivity index (χ1v) is 7.11. The molecule has 0 aromatic heterocycles. The Morgan fingerprint density at radius 2 is 1.52 bits per heavy atom. The fraction of sp³-hybridized carbons (Fsp3) is 0.278. The average Bonchev–Trinajstić information content (AvgIpc) is 2.48. The summed E-state index contributed by atoms with van der Waals surface area (Å²) in [5.41, 5.74) is 3.46. The summed E-state index contributed by atoms with van der Waals surface area (Å²) in [7, 11) is 0. The number of nitrogens with one attached hydrogen (secondary N) is 1. The van der Waals surface area contributed by atoms with Crippen molar-refractivity contribution in [1.29, 1.82) is 0 Å². The van der Waals surface area contributed by atoms with Crippen molar-refractivity contribution in [3.05, 3.63) is 65.2 Å². The van der Waals surface area contributed by atoms with Crippen molar-refractivity contribution in [2.75, 3.05) is 0 Å². The van der Waals surface area contributed by atoms with Crippen molar-refractivity contribution in [3.8, 4) is 5.75 Å². The van der Waals surface area contributed by atoms with Crippen LogP contribution in [0, 0.1) is 13.8 Å². The lowest BCUT2D eigenvalue weighted by atomic mass is 10.1. The minimum atomic E-state index is -0.516. The summed E-state index contributed by atoms with van der Waals surface area (Å²) in [4.78, 5) is 12.0. The molecule has 110 valence electrons. The smallest absolute Gasteiger partial charge is 0.261 e. The van der Waals surface area contributed by atoms with Crippen molar-refractivity contribution in [2.24, 2.45) is 0 Å². The minimum absolute atomic E-state index is 0.115. The number of rotatable bonds is 5. The second-order valence-electron chi connectivity index (χ2n) is 5.28. The zero-order chi connectivity index (χ0) is 15.2. The Labute approximate surface area is 126 Å². The number of benzene rings is 2. The SMILES string of the molecule is Cc1ccc(CNC(=O)[C@@H](C)Oc2ccc(C)cc2)cc1. The zero-order valence-corrected chi connectivity index (χ0v) is 12.7. The highest BCUT2D eigenvalue weighted by Gasteiger charge is 2.14. The molecule has 0 heterocycles. The third-order valence-electron chi connectivity index (χ3n) is 3.29. The molecule has 2 rings (SSSR count). The standard InChI is InChI=1S/C18H21NO2/c1-13-4-8-16(9-5-13)12-19-18(20)15(3)21-17-10-6-14(2)7-11-17/h4-11,15H,12H2,1-3H3,(H,19,20)/t15-/m1/s1. The highest BCUT2D eigenvalue weighted by Crippen LogP contribution is 2.13. The summed E-state index contributed by atoms with van der Waals surface area (Å²) in [6.45, 7) is 6.33. The van der Waals surface area contributed by atoms with E-state index in [-0.39, 0.29) is 5.91 Å². The van der Waals surface area contributed by atoms with Gasteiger partial charge in [-0.2, -0.15) is 0 Å². The molecule has 0 aliphatic rings. The quantitative estimate of drug-likeness (QED) is 0.913. The van der Waals surface area contributed by atoms with Crippen molar-refractivity contribution >= 4 is 5.91 Å². The van der Waals surface area contributed by atoms with Crippen LogP contribution in [-0.4, -0.2) is 12.0 Å². The molecule has 0 aliphatic carbocycles. The van der Waals surface area contributed by atoms with Gasteiger partial charge in [0.2, 0.25) is 0 Å². The monoisotopic (exact) mass is 283 g/mol. The number of amides is 1. The predicted molar refractivity (Wildman–Crippen MR) is 84.3 cm³/mol. The van der Waals surface area contributed by atoms with E-state index in [0.717, 1.165) is 5.56 Å². The fourth-order valence-electron chi connectivity index (χ4n) is 1.91. The van der Waals surface area contributed by atoms with Gasteiger partial charge in [0.05, 0.1) is 0 Å². The van der Waals surface area contributed by atoms with Crippen LogP contribution < -0.4 is 10.1 Å². The molecule has 0 spiro atoms. The van der Waals surface area contributed by atoms with Crippen LogP contribution in [0.5, 0.6) is 5.75 Å². The van der Waals surface area contributed by atoms with Crippen LogP contribution in [0.1, 0.15) is 23.6 Å². The van der Waals surface area contributed by atoms with Crippen LogP contribution in [0.2, 0.25) is 0 Å². The van der Waals surface area contributed by atoms with Gasteiger partial charge in [0, 0.05) is 6.54 Å². The number of carbonyl (C=O) groups excluding carboxylic acids is 1. The summed E-state index contributed by atoms with van der Waals surface area (Å²) >= 11 is 0. The molecule has 1 atom stereocenters. The number of carbonyl (C=O) groups is 1. The Morgan fingerprint density at radius 3 is 2.10 bits per heavy atom. The summed E-state index contributed by atoms with van der Waals surface area (Å²) in [5, 5.41) is 2.89. The second-order valence-corrected chi connectivity index (χ2v) is 5.28. The fourth-order valence-corrected chi connectivity index (χ4v) is 1.91. The van der Waals surface area contributed by atoms with Gasteiger partial charge in [0.15, 0.2) is 6.10 Å². The zero-order valence-electron chi connectivity index (χ0n) is 12.7. The molecular formula is C18H21NO2. The van der Waals surface area contributed by atoms with Gasteiger partial charge in [-0.05, 0) is 38.5 Å². The van der Waals surface area contributed by atoms with E-state index < -0.39 is 6.10 Å². The Bertz CT molecular complexity index is 588. The molecule has 1 amide bonds. The molecule has 2 aromatic rings. The highest BCUT2D eigenvalue weighted by molar-refractivity contribution is 5.80. The van der Waals surface area contributed by atoms with Crippen LogP contribution in [-0.2, 0) is 11.3 Å². The number of hydrogen-bond donors (Lipinski definition) is 1. The molecule has 3 heteroatoms. The Kier molecular flexibility index (Phi) is 4.99. The topological polar surface area (TPSA) is 38.3 Å². The molecule has 0 saturated carbocycles. The first-order valence-electron chi connectivity index (χ1n) is 7.11. The van der Waals surface area contributed by atoms with Gasteiger partial charge in [0.1, 0.15) is 5.75 Å². The van der Waals surface area contributed by atoms with Gasteiger partial charge < -0.3 is 10.1 Å². The van der Waals surface area contributed by atoms with Crippen molar-refractivity contribution in [2.45, 2.75) is 33.4 Å². The molecule has 3 nitrogen and oxygen atoms in total. The van der Waals surface area contributed by atoms with Crippen molar-refractivity contribution < 1.29 is 9.53 Å². The third-order valence-corrected chi connectivity index (χ3v) is 3.29. The number of aryl methyl sites for hydroxylation is 2. The molecule has 0 saturated heterocycles. The van der Waals surface area contributed by atoms with E-state index in [1.807, 2.05) is 62.4 Å². The summed E-state index contributed by atoms with van der Waals surface area (Å²) in [6.07, 6.45) is -0.516. The molecule has 1 N–H and O–H groups in total. The molecule has 0 unspecified atom stereocenters. The van der Waals surface area contributed by atoms with Gasteiger partial charge in [-0.15, -0.1) is 0 Å². The first kappa shape index (κ1) is 15.1. The van der Waals surface area contributed by atoms with E-state index in [0.29, 0.717) is 12.3 Å². The Morgan fingerprint density at radius 1 is 1.00 bits per heavy atom. The highest BCUT2D eigenvalue weighted by atomic mass is 16.5. The van der Waals surface area contributed by atoms with Crippen LogP contribution >= 0.6 is 0 Å².